The van der Waals surface area contributed by atoms with Crippen molar-refractivity contribution in [2.45, 2.75) is 13.1 Å². The number of rotatable bonds is 6. The first-order valence-electron chi connectivity index (χ1n) is 9.80. The predicted octanol–water partition coefficient (Wildman–Crippen LogP) is 4.87. The number of para-hydroxylation sites is 1. The molecule has 6 nitrogen and oxygen atoms in total. The Morgan fingerprint density at radius 1 is 0.933 bits per heavy atom. The maximum Gasteiger partial charge on any atom is 0.262 e. The van der Waals surface area contributed by atoms with Gasteiger partial charge in [0, 0.05) is 11.8 Å². The number of methoxy groups -OCH3 is 2. The largest absolute Gasteiger partial charge is 0.497 e. The summed E-state index contributed by atoms with van der Waals surface area (Å²) in [5.74, 6) is 1.88. The van der Waals surface area contributed by atoms with Gasteiger partial charge in [0.15, 0.2) is 11.5 Å². The Hall–Kier alpha value is -3.67. The van der Waals surface area contributed by atoms with Crippen LogP contribution in [0.15, 0.2) is 66.7 Å². The minimum absolute atomic E-state index is 0.0867. The number of amides is 1. The number of nitrogens with one attached hydrogen (secondary N) is 1. The molecule has 1 aliphatic heterocycles. The lowest BCUT2D eigenvalue weighted by molar-refractivity contribution is 0.0975. The summed E-state index contributed by atoms with van der Waals surface area (Å²) in [6, 6.07) is 20.7. The summed E-state index contributed by atoms with van der Waals surface area (Å²) >= 11 is 0. The smallest absolute Gasteiger partial charge is 0.262 e. The Morgan fingerprint density at radius 3 is 2.53 bits per heavy atom. The van der Waals surface area contributed by atoms with Gasteiger partial charge in [-0.25, -0.2) is 0 Å². The highest BCUT2D eigenvalue weighted by Gasteiger charge is 2.34. The molecule has 1 amide bonds. The third kappa shape index (κ3) is 3.52. The highest BCUT2D eigenvalue weighted by molar-refractivity contribution is 6.12. The van der Waals surface area contributed by atoms with Gasteiger partial charge in [-0.05, 0) is 48.9 Å². The van der Waals surface area contributed by atoms with E-state index in [4.69, 9.17) is 14.2 Å². The van der Waals surface area contributed by atoms with Gasteiger partial charge in [0.25, 0.3) is 5.91 Å². The van der Waals surface area contributed by atoms with Crippen LogP contribution in [-0.2, 0) is 0 Å². The summed E-state index contributed by atoms with van der Waals surface area (Å²) in [6.45, 7) is 2.44. The van der Waals surface area contributed by atoms with Gasteiger partial charge in [-0.1, -0.05) is 24.3 Å². The van der Waals surface area contributed by atoms with Crippen LogP contribution in [0.2, 0.25) is 0 Å². The second kappa shape index (κ2) is 8.37. The lowest BCUT2D eigenvalue weighted by Gasteiger charge is -2.38. The quantitative estimate of drug-likeness (QED) is 0.635. The highest BCUT2D eigenvalue weighted by Crippen LogP contribution is 2.40. The molecule has 6 heteroatoms. The van der Waals surface area contributed by atoms with Gasteiger partial charge in [0.1, 0.15) is 11.9 Å². The van der Waals surface area contributed by atoms with Crippen LogP contribution in [0, 0.1) is 0 Å². The second-order valence-corrected chi connectivity index (χ2v) is 6.81. The fourth-order valence-electron chi connectivity index (χ4n) is 3.65. The molecule has 1 unspecified atom stereocenters. The van der Waals surface area contributed by atoms with Crippen LogP contribution in [0.4, 0.5) is 11.4 Å². The van der Waals surface area contributed by atoms with E-state index in [-0.39, 0.29) is 5.91 Å². The fourth-order valence-corrected chi connectivity index (χ4v) is 3.65. The monoisotopic (exact) mass is 404 g/mol. The summed E-state index contributed by atoms with van der Waals surface area (Å²) in [5.41, 5.74) is 3.03. The summed E-state index contributed by atoms with van der Waals surface area (Å²) < 4.78 is 16.6. The van der Waals surface area contributed by atoms with Crippen molar-refractivity contribution in [3.05, 3.63) is 77.9 Å². The maximum absolute atomic E-state index is 13.5. The molecule has 1 aliphatic rings. The molecule has 1 atom stereocenters. The van der Waals surface area contributed by atoms with Crippen molar-refractivity contribution in [2.24, 2.45) is 0 Å². The van der Waals surface area contributed by atoms with Crippen LogP contribution in [0.25, 0.3) is 0 Å². The number of benzene rings is 3. The zero-order valence-electron chi connectivity index (χ0n) is 17.2. The first kappa shape index (κ1) is 19.6. The molecule has 1 N–H and O–H groups in total. The standard InChI is InChI=1S/C24H24N2O4/c1-4-30-22-14-16(12-13-21(22)29-3)23-25-20-11-6-5-10-19(20)24(27)26(23)17-8-7-9-18(15-17)28-2/h5-15,23,25H,4H2,1-3H3. The van der Waals surface area contributed by atoms with Crippen molar-refractivity contribution in [2.75, 3.05) is 31.0 Å². The van der Waals surface area contributed by atoms with E-state index in [1.165, 1.54) is 0 Å². The van der Waals surface area contributed by atoms with Crippen molar-refractivity contribution in [3.63, 3.8) is 0 Å². The predicted molar refractivity (Wildman–Crippen MR) is 117 cm³/mol. The van der Waals surface area contributed by atoms with Crippen molar-refractivity contribution < 1.29 is 19.0 Å². The Bertz CT molecular complexity index is 1070. The van der Waals surface area contributed by atoms with E-state index in [2.05, 4.69) is 5.32 Å². The maximum atomic E-state index is 13.5. The molecule has 154 valence electrons. The Labute approximate surface area is 176 Å². The molecule has 0 aromatic heterocycles. The number of hydrogen-bond acceptors (Lipinski definition) is 5. The molecule has 0 spiro atoms. The third-order valence-electron chi connectivity index (χ3n) is 5.06. The molecule has 3 aromatic carbocycles. The topological polar surface area (TPSA) is 60.0 Å². The molecule has 0 saturated heterocycles. The number of ether oxygens (including phenoxy) is 3. The number of nitrogens with zero attached hydrogens (tertiary/aromatic N) is 1. The van der Waals surface area contributed by atoms with Crippen LogP contribution in [0.5, 0.6) is 17.2 Å². The number of fused-ring (bicyclic) bond motifs is 1. The number of carbonyl (C=O) groups excluding carboxylic acids is 1. The number of hydrogen-bond donors (Lipinski definition) is 1. The molecular formula is C24H24N2O4. The minimum atomic E-state index is -0.426. The minimum Gasteiger partial charge on any atom is -0.497 e. The molecule has 30 heavy (non-hydrogen) atoms. The summed E-state index contributed by atoms with van der Waals surface area (Å²) in [7, 11) is 3.22. The van der Waals surface area contributed by atoms with Crippen molar-refractivity contribution in [1.82, 2.24) is 0 Å². The second-order valence-electron chi connectivity index (χ2n) is 6.81. The average Bonchev–Trinajstić information content (AvgIpc) is 2.79. The fraction of sp³-hybridized carbons (Fsp3) is 0.208. The normalized spacial score (nSPS) is 15.2. The average molecular weight is 404 g/mol. The van der Waals surface area contributed by atoms with Crippen LogP contribution < -0.4 is 24.4 Å². The van der Waals surface area contributed by atoms with Gasteiger partial charge in [-0.2, -0.15) is 0 Å². The van der Waals surface area contributed by atoms with E-state index in [0.717, 1.165) is 16.9 Å². The molecule has 3 aromatic rings. The van der Waals surface area contributed by atoms with E-state index < -0.39 is 6.17 Å². The summed E-state index contributed by atoms with van der Waals surface area (Å²) in [5, 5.41) is 3.50. The van der Waals surface area contributed by atoms with E-state index in [9.17, 15) is 4.79 Å². The van der Waals surface area contributed by atoms with Crippen LogP contribution in [0.3, 0.4) is 0 Å². The van der Waals surface area contributed by atoms with Gasteiger partial charge in [-0.3, -0.25) is 9.69 Å². The molecule has 0 saturated carbocycles. The Kier molecular flexibility index (Phi) is 5.48. The van der Waals surface area contributed by atoms with Gasteiger partial charge >= 0.3 is 0 Å². The van der Waals surface area contributed by atoms with E-state index in [1.54, 1.807) is 19.1 Å². The van der Waals surface area contributed by atoms with Crippen molar-refractivity contribution in [1.29, 1.82) is 0 Å². The van der Waals surface area contributed by atoms with Crippen LogP contribution in [-0.4, -0.2) is 26.7 Å². The van der Waals surface area contributed by atoms with E-state index >= 15 is 0 Å². The molecule has 0 aliphatic carbocycles. The molecule has 0 bridgehead atoms. The summed E-state index contributed by atoms with van der Waals surface area (Å²) in [6.07, 6.45) is -0.426. The SMILES string of the molecule is CCOc1cc(C2Nc3ccccc3C(=O)N2c2cccc(OC)c2)ccc1OC. The zero-order valence-corrected chi connectivity index (χ0v) is 17.2. The molecular weight excluding hydrogens is 380 g/mol. The first-order chi connectivity index (χ1) is 14.7. The first-order valence-corrected chi connectivity index (χ1v) is 9.80. The van der Waals surface area contributed by atoms with Crippen molar-refractivity contribution in [3.8, 4) is 17.2 Å². The highest BCUT2D eigenvalue weighted by atomic mass is 16.5. The third-order valence-corrected chi connectivity index (χ3v) is 5.06. The van der Waals surface area contributed by atoms with Gasteiger partial charge in [-0.15, -0.1) is 0 Å². The lowest BCUT2D eigenvalue weighted by atomic mass is 10.0. The number of anilines is 2. The van der Waals surface area contributed by atoms with Gasteiger partial charge in [0.05, 0.1) is 32.1 Å². The summed E-state index contributed by atoms with van der Waals surface area (Å²) in [4.78, 5) is 15.3. The Morgan fingerprint density at radius 2 is 1.77 bits per heavy atom. The Balaban J connectivity index is 1.85. The van der Waals surface area contributed by atoms with E-state index in [0.29, 0.717) is 29.4 Å². The number of carbonyl (C=O) groups is 1. The molecule has 0 radical (unpaired) electrons. The molecule has 0 fully saturated rings. The van der Waals surface area contributed by atoms with Gasteiger partial charge in [0.2, 0.25) is 0 Å². The van der Waals surface area contributed by atoms with Gasteiger partial charge < -0.3 is 19.5 Å². The van der Waals surface area contributed by atoms with Crippen molar-refractivity contribution >= 4 is 17.3 Å². The van der Waals surface area contributed by atoms with E-state index in [1.807, 2.05) is 73.7 Å². The zero-order chi connectivity index (χ0) is 21.1. The molecule has 1 heterocycles. The lowest BCUT2D eigenvalue weighted by Crippen LogP contribution is -2.43. The molecule has 4 rings (SSSR count). The van der Waals surface area contributed by atoms with Crippen LogP contribution >= 0.6 is 0 Å². The van der Waals surface area contributed by atoms with Crippen LogP contribution in [0.1, 0.15) is 29.0 Å².